The van der Waals surface area contributed by atoms with E-state index in [1.54, 1.807) is 12.1 Å². The lowest BCUT2D eigenvalue weighted by Crippen LogP contribution is -2.64. The Morgan fingerprint density at radius 3 is 2.33 bits per heavy atom. The summed E-state index contributed by atoms with van der Waals surface area (Å²) in [6.45, 7) is 1.84. The number of nitrogens with one attached hydrogen (secondary N) is 1. The molecule has 33 heavy (non-hydrogen) atoms. The highest BCUT2D eigenvalue weighted by atomic mass is 35.5. The van der Waals surface area contributed by atoms with Gasteiger partial charge in [0, 0.05) is 37.9 Å². The number of hydrazone groups is 1. The fourth-order valence-electron chi connectivity index (χ4n) is 5.28. The average molecular weight is 465 g/mol. The maximum absolute atomic E-state index is 13.4. The third-order valence-electron chi connectivity index (χ3n) is 7.06. The predicted molar refractivity (Wildman–Crippen MR) is 125 cm³/mol. The Morgan fingerprint density at radius 1 is 0.970 bits per heavy atom. The van der Waals surface area contributed by atoms with E-state index in [2.05, 4.69) is 22.7 Å². The van der Waals surface area contributed by atoms with Gasteiger partial charge in [-0.3, -0.25) is 14.4 Å². The van der Waals surface area contributed by atoms with Crippen LogP contribution in [0.3, 0.4) is 0 Å². The summed E-state index contributed by atoms with van der Waals surface area (Å²) in [6, 6.07) is 17.2. The highest BCUT2D eigenvalue weighted by Crippen LogP contribution is 2.55. The minimum Gasteiger partial charge on any atom is -0.337 e. The van der Waals surface area contributed by atoms with Crippen LogP contribution in [0.1, 0.15) is 47.6 Å². The molecule has 0 aromatic heterocycles. The first-order chi connectivity index (χ1) is 16.0. The van der Waals surface area contributed by atoms with Gasteiger partial charge in [0.05, 0.1) is 16.6 Å². The molecule has 8 heteroatoms. The number of hydrogen-bond acceptors (Lipinski definition) is 4. The smallest absolute Gasteiger partial charge is 0.270 e. The molecule has 3 heterocycles. The molecule has 7 nitrogen and oxygen atoms in total. The Hall–Kier alpha value is -3.19. The van der Waals surface area contributed by atoms with Crippen molar-refractivity contribution in [3.05, 3.63) is 70.7 Å². The minimum absolute atomic E-state index is 0.0639. The Balaban J connectivity index is 1.35. The number of nitrogens with zero attached hydrogens (tertiary/aromatic N) is 3. The predicted octanol–water partition coefficient (Wildman–Crippen LogP) is 3.41. The van der Waals surface area contributed by atoms with E-state index < -0.39 is 0 Å². The molecule has 0 radical (unpaired) electrons. The van der Waals surface area contributed by atoms with Crippen LogP contribution in [0.4, 0.5) is 0 Å². The summed E-state index contributed by atoms with van der Waals surface area (Å²) in [5.41, 5.74) is 4.34. The standard InChI is InChI=1S/C25H25ClN4O3/c26-19-9-5-4-8-18(19)23(32)30-16-25(22(30)17-6-2-1-3-7-17)12-14-29(15-13-25)24(33)20-10-11-21(31)28-27-20/h1-9,22H,10-16H2,(H,28,31). The van der Waals surface area contributed by atoms with Crippen molar-refractivity contribution in [3.8, 4) is 0 Å². The molecule has 5 rings (SSSR count). The largest absolute Gasteiger partial charge is 0.337 e. The zero-order valence-corrected chi connectivity index (χ0v) is 18.9. The summed E-state index contributed by atoms with van der Waals surface area (Å²) in [4.78, 5) is 41.3. The molecule has 2 aromatic rings. The normalized spacial score (nSPS) is 21.8. The van der Waals surface area contributed by atoms with Gasteiger partial charge >= 0.3 is 0 Å². The van der Waals surface area contributed by atoms with Crippen LogP contribution >= 0.6 is 11.6 Å². The van der Waals surface area contributed by atoms with E-state index in [9.17, 15) is 14.4 Å². The summed E-state index contributed by atoms with van der Waals surface area (Å²) in [7, 11) is 0. The van der Waals surface area contributed by atoms with Crippen molar-refractivity contribution in [1.29, 1.82) is 0 Å². The van der Waals surface area contributed by atoms with Gasteiger partial charge in [-0.2, -0.15) is 5.10 Å². The average Bonchev–Trinajstić information content (AvgIpc) is 2.83. The van der Waals surface area contributed by atoms with Gasteiger partial charge in [-0.1, -0.05) is 54.1 Å². The molecule has 0 saturated carbocycles. The van der Waals surface area contributed by atoms with Crippen LogP contribution in [0.2, 0.25) is 5.02 Å². The van der Waals surface area contributed by atoms with Crippen LogP contribution in [0.15, 0.2) is 59.7 Å². The number of rotatable bonds is 3. The molecule has 3 aliphatic heterocycles. The molecule has 1 spiro atoms. The van der Waals surface area contributed by atoms with E-state index in [0.29, 0.717) is 42.4 Å². The van der Waals surface area contributed by atoms with Crippen LogP contribution in [-0.4, -0.2) is 52.9 Å². The number of amides is 3. The van der Waals surface area contributed by atoms with Crippen LogP contribution in [-0.2, 0) is 9.59 Å². The fraction of sp³-hybridized carbons (Fsp3) is 0.360. The molecule has 3 aliphatic rings. The van der Waals surface area contributed by atoms with E-state index >= 15 is 0 Å². The Morgan fingerprint density at radius 2 is 1.67 bits per heavy atom. The van der Waals surface area contributed by atoms with Gasteiger partial charge in [-0.15, -0.1) is 0 Å². The molecular formula is C25H25ClN4O3. The van der Waals surface area contributed by atoms with Crippen molar-refractivity contribution >= 4 is 35.0 Å². The summed E-state index contributed by atoms with van der Waals surface area (Å²) < 4.78 is 0. The van der Waals surface area contributed by atoms with Gasteiger partial charge in [-0.25, -0.2) is 5.43 Å². The number of carbonyl (C=O) groups excluding carboxylic acids is 3. The molecule has 2 saturated heterocycles. The zero-order chi connectivity index (χ0) is 23.0. The van der Waals surface area contributed by atoms with E-state index in [-0.39, 0.29) is 35.6 Å². The number of carbonyl (C=O) groups is 3. The number of halogens is 1. The van der Waals surface area contributed by atoms with Crippen molar-refractivity contribution in [2.24, 2.45) is 10.5 Å². The highest BCUT2D eigenvalue weighted by Gasteiger charge is 2.56. The third-order valence-corrected chi connectivity index (χ3v) is 7.38. The summed E-state index contributed by atoms with van der Waals surface area (Å²) in [5.74, 6) is -0.331. The highest BCUT2D eigenvalue weighted by molar-refractivity contribution is 6.39. The SMILES string of the molecule is O=C1CCC(C(=O)N2CCC3(CC2)CN(C(=O)c2ccccc2Cl)C3c2ccccc2)=NN1. The van der Waals surface area contributed by atoms with Crippen LogP contribution < -0.4 is 5.43 Å². The van der Waals surface area contributed by atoms with E-state index in [4.69, 9.17) is 11.6 Å². The van der Waals surface area contributed by atoms with E-state index in [1.807, 2.05) is 40.1 Å². The van der Waals surface area contributed by atoms with Gasteiger partial charge in [0.25, 0.3) is 11.8 Å². The topological polar surface area (TPSA) is 82.1 Å². The Labute approximate surface area is 197 Å². The number of benzene rings is 2. The van der Waals surface area contributed by atoms with Crippen molar-refractivity contribution < 1.29 is 14.4 Å². The van der Waals surface area contributed by atoms with Gasteiger partial charge in [-0.05, 0) is 30.5 Å². The third kappa shape index (κ3) is 3.91. The second-order valence-electron chi connectivity index (χ2n) is 8.97. The van der Waals surface area contributed by atoms with Gasteiger partial charge in [0.15, 0.2) is 0 Å². The van der Waals surface area contributed by atoms with Gasteiger partial charge in [0.2, 0.25) is 5.91 Å². The number of piperidine rings is 1. The van der Waals surface area contributed by atoms with Crippen molar-refractivity contribution in [2.45, 2.75) is 31.7 Å². The lowest BCUT2D eigenvalue weighted by atomic mass is 9.63. The Kier molecular flexibility index (Phi) is 5.66. The van der Waals surface area contributed by atoms with E-state index in [0.717, 1.165) is 18.4 Å². The molecule has 1 N–H and O–H groups in total. The molecule has 170 valence electrons. The molecule has 1 atom stereocenters. The zero-order valence-electron chi connectivity index (χ0n) is 18.2. The van der Waals surface area contributed by atoms with Gasteiger partial charge in [0.1, 0.15) is 5.71 Å². The molecule has 0 bridgehead atoms. The van der Waals surface area contributed by atoms with Crippen molar-refractivity contribution in [3.63, 3.8) is 0 Å². The van der Waals surface area contributed by atoms with Crippen LogP contribution in [0.25, 0.3) is 0 Å². The van der Waals surface area contributed by atoms with Crippen LogP contribution in [0.5, 0.6) is 0 Å². The second-order valence-corrected chi connectivity index (χ2v) is 9.38. The number of hydrogen-bond donors (Lipinski definition) is 1. The molecular weight excluding hydrogens is 440 g/mol. The van der Waals surface area contributed by atoms with Crippen LogP contribution in [0, 0.1) is 5.41 Å². The van der Waals surface area contributed by atoms with Crippen molar-refractivity contribution in [2.75, 3.05) is 19.6 Å². The number of likely N-dealkylation sites (tertiary alicyclic amines) is 2. The first-order valence-corrected chi connectivity index (χ1v) is 11.6. The first-order valence-electron chi connectivity index (χ1n) is 11.2. The van der Waals surface area contributed by atoms with E-state index in [1.165, 1.54) is 0 Å². The monoisotopic (exact) mass is 464 g/mol. The molecule has 1 unspecified atom stereocenters. The quantitative estimate of drug-likeness (QED) is 0.755. The van der Waals surface area contributed by atoms with Gasteiger partial charge < -0.3 is 9.80 Å². The van der Waals surface area contributed by atoms with Crippen molar-refractivity contribution in [1.82, 2.24) is 15.2 Å². The maximum atomic E-state index is 13.4. The lowest BCUT2D eigenvalue weighted by molar-refractivity contribution is -0.133. The lowest BCUT2D eigenvalue weighted by Gasteiger charge is -2.60. The molecule has 0 aliphatic carbocycles. The minimum atomic E-state index is -0.160. The molecule has 2 fully saturated rings. The molecule has 2 aromatic carbocycles. The maximum Gasteiger partial charge on any atom is 0.270 e. The summed E-state index contributed by atoms with van der Waals surface area (Å²) >= 11 is 6.32. The molecule has 3 amide bonds. The summed E-state index contributed by atoms with van der Waals surface area (Å²) in [6.07, 6.45) is 2.26. The second kappa shape index (κ2) is 8.63. The summed E-state index contributed by atoms with van der Waals surface area (Å²) in [5, 5.41) is 4.41. The Bertz CT molecular complexity index is 1130. The fourth-order valence-corrected chi connectivity index (χ4v) is 5.50. The first kappa shape index (κ1) is 21.6.